The maximum absolute atomic E-state index is 12.5. The van der Waals surface area contributed by atoms with Crippen LogP contribution in [0.4, 0.5) is 69.7 Å². The van der Waals surface area contributed by atoms with E-state index >= 15 is 0 Å². The Morgan fingerprint density at radius 1 is 0.396 bits per heavy atom. The molecule has 39 heteroatoms. The summed E-state index contributed by atoms with van der Waals surface area (Å²) in [6, 6.07) is 39.7. The highest BCUT2D eigenvalue weighted by Gasteiger charge is 2.33. The molecule has 588 valence electrons. The number of primary sulfonamides is 4. The number of rotatable bonds is 35. The van der Waals surface area contributed by atoms with Gasteiger partial charge in [-0.2, -0.15) is 64.4 Å². The molecule has 0 saturated heterocycles. The summed E-state index contributed by atoms with van der Waals surface area (Å²) in [5.41, 5.74) is 2.64. The maximum atomic E-state index is 12.5. The van der Waals surface area contributed by atoms with Crippen LogP contribution in [0.5, 0.6) is 34.5 Å². The first-order chi connectivity index (χ1) is 49.4. The van der Waals surface area contributed by atoms with E-state index in [1.54, 1.807) is 109 Å². The standard InChI is InChI=1S/C20H25F3N2O3S2.C19H23F3N2O4S2.C19H23F3N2O3S2.C9H10F3NO2S2/c1-2-3-10-25-17-12-15(14-29-11-9-20(21,22)23)13-18(30(24,26)27)19(17)28-16-7-5-4-6-8-16;1-2-3-9-24-16-10-14(12-29(25)13-19(20,21)22)11-17(30(23,26)27)18(16)28-15-7-5-4-6-8-15;1-2-3-9-24-16-10-14(12-28-13-19(20,21)22)11-17(29(23,25)26)18(16)27-15-7-5-4-6-8-15;10-9(11,12)6-16-5-7-2-1-3-8(4-7)17(13,14)15/h4-8,12-13,25H,2-3,9-11,14H2,1H3,(H2,24,26,27);4-8,10-11,24H,2-3,9,12-13H2,1H3,(H2,23,26,27);4-8,10-11,24H,2-3,9,12-13H2,1H3,(H2,23,25,26);1-4H,5-6H2,(H2,13,14,15). The molecule has 0 fully saturated rings. The molecule has 0 saturated carbocycles. The highest BCUT2D eigenvalue weighted by molar-refractivity contribution is 7.99. The van der Waals surface area contributed by atoms with Crippen LogP contribution in [0.25, 0.3) is 0 Å². The lowest BCUT2D eigenvalue weighted by Crippen LogP contribution is -2.20. The van der Waals surface area contributed by atoms with Crippen molar-refractivity contribution < 1.29 is 105 Å². The fourth-order valence-corrected chi connectivity index (χ4v) is 14.9. The van der Waals surface area contributed by atoms with Gasteiger partial charge in [-0.3, -0.25) is 4.21 Å². The Balaban J connectivity index is 0.000000304. The molecular formula is C67H81F12N7O12S8. The van der Waals surface area contributed by atoms with Crippen molar-refractivity contribution in [3.63, 3.8) is 0 Å². The molecule has 0 radical (unpaired) electrons. The van der Waals surface area contributed by atoms with Gasteiger partial charge in [-0.25, -0.2) is 54.2 Å². The third-order valence-electron chi connectivity index (χ3n) is 13.4. The maximum Gasteiger partial charge on any atom is 0.400 e. The van der Waals surface area contributed by atoms with Gasteiger partial charge in [0.05, 0.1) is 39.9 Å². The molecule has 0 amide bonds. The Labute approximate surface area is 624 Å². The average molecular weight is 1660 g/mol. The molecule has 1 atom stereocenters. The SMILES string of the molecule is CCCCNc1cc(CS(=O)CC(F)(F)F)cc(S(N)(=O)=O)c1Oc1ccccc1.CCCCNc1cc(CSCC(F)(F)F)cc(S(N)(=O)=O)c1Oc1ccccc1.CCCCNc1cc(CSCCC(F)(F)F)cc(S(N)(=O)=O)c1Oc1ccccc1.NS(=O)(=O)c1cccc(CSCC(F)(F)F)c1. The second-order valence-corrected chi connectivity index (χ2v) is 33.5. The quantitative estimate of drug-likeness (QED) is 0.0143. The van der Waals surface area contributed by atoms with Crippen LogP contribution in [0.2, 0.25) is 0 Å². The Morgan fingerprint density at radius 2 is 0.736 bits per heavy atom. The van der Waals surface area contributed by atoms with E-state index in [9.17, 15) is 90.6 Å². The van der Waals surface area contributed by atoms with Crippen molar-refractivity contribution in [3.05, 3.63) is 174 Å². The highest BCUT2D eigenvalue weighted by atomic mass is 32.2. The number of hydrogen-bond acceptors (Lipinski definition) is 18. The van der Waals surface area contributed by atoms with E-state index in [0.717, 1.165) is 56.4 Å². The predicted molar refractivity (Wildman–Crippen MR) is 395 cm³/mol. The number of unbranched alkanes of at least 4 members (excludes halogenated alkanes) is 3. The van der Waals surface area contributed by atoms with Crippen LogP contribution in [0, 0.1) is 0 Å². The van der Waals surface area contributed by atoms with E-state index < -0.39 is 110 Å². The van der Waals surface area contributed by atoms with Gasteiger partial charge >= 0.3 is 24.7 Å². The number of para-hydroxylation sites is 3. The van der Waals surface area contributed by atoms with Crippen molar-refractivity contribution in [1.29, 1.82) is 0 Å². The molecule has 106 heavy (non-hydrogen) atoms. The van der Waals surface area contributed by atoms with Crippen LogP contribution < -0.4 is 50.7 Å². The molecule has 7 aromatic carbocycles. The van der Waals surface area contributed by atoms with E-state index in [-0.39, 0.29) is 66.2 Å². The molecule has 7 aromatic rings. The zero-order valence-electron chi connectivity index (χ0n) is 57.2. The van der Waals surface area contributed by atoms with Gasteiger partial charge in [-0.05, 0) is 126 Å². The first-order valence-electron chi connectivity index (χ1n) is 31.8. The summed E-state index contributed by atoms with van der Waals surface area (Å²) in [6.07, 6.45) is -13.1. The van der Waals surface area contributed by atoms with Crippen molar-refractivity contribution in [1.82, 2.24) is 0 Å². The van der Waals surface area contributed by atoms with Gasteiger partial charge in [0, 0.05) is 59.2 Å². The zero-order chi connectivity index (χ0) is 79.2. The minimum absolute atomic E-state index is 0.0178. The van der Waals surface area contributed by atoms with Crippen LogP contribution >= 0.6 is 35.3 Å². The van der Waals surface area contributed by atoms with Crippen molar-refractivity contribution >= 4 is 103 Å². The van der Waals surface area contributed by atoms with Gasteiger partial charge in [0.1, 0.15) is 37.7 Å². The number of sulfonamides is 4. The molecular weight excluding hydrogens is 1580 g/mol. The van der Waals surface area contributed by atoms with Crippen LogP contribution in [0.1, 0.15) is 88.0 Å². The van der Waals surface area contributed by atoms with Gasteiger partial charge < -0.3 is 30.2 Å². The third-order valence-corrected chi connectivity index (χ3v) is 21.6. The largest absolute Gasteiger partial charge is 0.454 e. The lowest BCUT2D eigenvalue weighted by Gasteiger charge is -2.18. The number of thioether (sulfide) groups is 3. The summed E-state index contributed by atoms with van der Waals surface area (Å²) in [7, 11) is -18.7. The molecule has 0 bridgehead atoms. The lowest BCUT2D eigenvalue weighted by molar-refractivity contribution is -0.129. The molecule has 0 heterocycles. The summed E-state index contributed by atoms with van der Waals surface area (Å²) in [6.45, 7) is 7.59. The number of halogens is 12. The second kappa shape index (κ2) is 42.9. The van der Waals surface area contributed by atoms with Gasteiger partial charge in [-0.15, -0.1) is 23.5 Å². The molecule has 0 aliphatic carbocycles. The van der Waals surface area contributed by atoms with Crippen LogP contribution in [-0.4, -0.2) is 105 Å². The van der Waals surface area contributed by atoms with Crippen LogP contribution in [-0.2, 0) is 73.9 Å². The summed E-state index contributed by atoms with van der Waals surface area (Å²) >= 11 is 2.40. The Morgan fingerprint density at radius 3 is 1.06 bits per heavy atom. The summed E-state index contributed by atoms with van der Waals surface area (Å²) in [5.74, 6) is -2.55. The van der Waals surface area contributed by atoms with Crippen molar-refractivity contribution in [3.8, 4) is 34.5 Å². The number of nitrogens with one attached hydrogen (secondary N) is 3. The second-order valence-electron chi connectivity index (χ2n) is 22.8. The molecule has 7 rings (SSSR count). The number of alkyl halides is 12. The Bertz CT molecular complexity index is 4390. The molecule has 0 aliphatic heterocycles. The minimum atomic E-state index is -4.59. The highest BCUT2D eigenvalue weighted by Crippen LogP contribution is 2.42. The number of nitrogens with two attached hydrogens (primary N) is 4. The van der Waals surface area contributed by atoms with E-state index in [2.05, 4.69) is 16.0 Å². The van der Waals surface area contributed by atoms with Gasteiger partial charge in [0.15, 0.2) is 17.2 Å². The number of hydrogen-bond donors (Lipinski definition) is 7. The number of benzene rings is 7. The van der Waals surface area contributed by atoms with E-state index in [0.29, 0.717) is 88.5 Å². The first-order valence-corrected chi connectivity index (χ1v) is 43.0. The van der Waals surface area contributed by atoms with Crippen molar-refractivity contribution in [2.75, 3.05) is 58.6 Å². The smallest absolute Gasteiger partial charge is 0.400 e. The number of anilines is 3. The molecule has 11 N–H and O–H groups in total. The Hall–Kier alpha value is -6.66. The van der Waals surface area contributed by atoms with Crippen molar-refractivity contribution in [2.45, 2.75) is 133 Å². The summed E-state index contributed by atoms with van der Waals surface area (Å²) < 4.78 is 272. The molecule has 0 aliphatic rings. The first kappa shape index (κ1) is 91.7. The normalized spacial score (nSPS) is 12.4. The van der Waals surface area contributed by atoms with E-state index in [4.69, 9.17) is 34.8 Å². The number of ether oxygens (including phenoxy) is 3. The van der Waals surface area contributed by atoms with Gasteiger partial charge in [0.25, 0.3) is 0 Å². The Kier molecular flexibility index (Phi) is 37.1. The molecule has 19 nitrogen and oxygen atoms in total. The van der Waals surface area contributed by atoms with Gasteiger partial charge in [-0.1, -0.05) is 107 Å². The van der Waals surface area contributed by atoms with E-state index in [1.807, 2.05) is 20.8 Å². The monoisotopic (exact) mass is 1660 g/mol. The fraction of sp³-hybridized carbons (Fsp3) is 0.373. The van der Waals surface area contributed by atoms with Crippen molar-refractivity contribution in [2.24, 2.45) is 20.6 Å². The molecule has 0 aromatic heterocycles. The van der Waals surface area contributed by atoms with E-state index in [1.165, 1.54) is 36.4 Å². The fourth-order valence-electron chi connectivity index (χ4n) is 8.77. The van der Waals surface area contributed by atoms with Gasteiger partial charge in [0.2, 0.25) is 40.1 Å². The average Bonchev–Trinajstić information content (AvgIpc) is 0.799. The predicted octanol–water partition coefficient (Wildman–Crippen LogP) is 16.9. The summed E-state index contributed by atoms with van der Waals surface area (Å²) in [5, 5.41) is 30.4. The topological polar surface area (TPSA) is 321 Å². The minimum Gasteiger partial charge on any atom is -0.454 e. The molecule has 1 unspecified atom stereocenters. The van der Waals surface area contributed by atoms with Crippen LogP contribution in [0.3, 0.4) is 0 Å². The lowest BCUT2D eigenvalue weighted by atomic mass is 10.2. The van der Waals surface area contributed by atoms with Crippen LogP contribution in [0.15, 0.2) is 171 Å². The zero-order valence-corrected chi connectivity index (χ0v) is 63.7. The third kappa shape index (κ3) is 36.5. The molecule has 0 spiro atoms. The summed E-state index contributed by atoms with van der Waals surface area (Å²) in [4.78, 5) is -0.973.